The van der Waals surface area contributed by atoms with Gasteiger partial charge in [0.25, 0.3) is 5.91 Å². The molecule has 1 aromatic carbocycles. The van der Waals surface area contributed by atoms with E-state index in [-0.39, 0.29) is 5.91 Å². The Morgan fingerprint density at radius 2 is 2.19 bits per heavy atom. The van der Waals surface area contributed by atoms with E-state index in [9.17, 15) is 4.79 Å². The van der Waals surface area contributed by atoms with E-state index in [1.54, 1.807) is 25.3 Å². The standard InChI is InChI=1S/C12H18N2O2/c1-8(2)7-14-12(15)10-6-9(16-3)4-5-11(10)13/h4-6,8H,7,13H2,1-3H3,(H,14,15). The number of ether oxygens (including phenoxy) is 1. The highest BCUT2D eigenvalue weighted by Gasteiger charge is 2.10. The smallest absolute Gasteiger partial charge is 0.253 e. The molecule has 0 aliphatic carbocycles. The molecule has 0 aliphatic rings. The number of benzene rings is 1. The molecule has 4 heteroatoms. The average molecular weight is 222 g/mol. The van der Waals surface area contributed by atoms with Crippen LogP contribution >= 0.6 is 0 Å². The van der Waals surface area contributed by atoms with Gasteiger partial charge in [-0.1, -0.05) is 13.8 Å². The Bertz CT molecular complexity index is 375. The largest absolute Gasteiger partial charge is 0.497 e. The highest BCUT2D eigenvalue weighted by atomic mass is 16.5. The van der Waals surface area contributed by atoms with Crippen LogP contribution < -0.4 is 15.8 Å². The van der Waals surface area contributed by atoms with Crippen molar-refractivity contribution in [2.45, 2.75) is 13.8 Å². The Morgan fingerprint density at radius 1 is 1.50 bits per heavy atom. The van der Waals surface area contributed by atoms with Crippen molar-refractivity contribution >= 4 is 11.6 Å². The summed E-state index contributed by atoms with van der Waals surface area (Å²) in [7, 11) is 1.56. The van der Waals surface area contributed by atoms with E-state index in [4.69, 9.17) is 10.5 Å². The third kappa shape index (κ3) is 3.15. The number of nitrogen functional groups attached to an aromatic ring is 1. The second kappa shape index (κ2) is 5.39. The zero-order chi connectivity index (χ0) is 12.1. The number of hydrogen-bond donors (Lipinski definition) is 2. The lowest BCUT2D eigenvalue weighted by Gasteiger charge is -2.10. The van der Waals surface area contributed by atoms with E-state index in [0.717, 1.165) is 0 Å². The van der Waals surface area contributed by atoms with E-state index >= 15 is 0 Å². The van der Waals surface area contributed by atoms with Gasteiger partial charge in [0.15, 0.2) is 0 Å². The zero-order valence-electron chi connectivity index (χ0n) is 9.91. The average Bonchev–Trinajstić information content (AvgIpc) is 2.26. The molecule has 3 N–H and O–H groups in total. The molecule has 0 fully saturated rings. The lowest BCUT2D eigenvalue weighted by molar-refractivity contribution is 0.0949. The van der Waals surface area contributed by atoms with Crippen molar-refractivity contribution < 1.29 is 9.53 Å². The molecular weight excluding hydrogens is 204 g/mol. The molecule has 0 aliphatic heterocycles. The second-order valence-electron chi connectivity index (χ2n) is 4.06. The lowest BCUT2D eigenvalue weighted by Crippen LogP contribution is -2.28. The highest BCUT2D eigenvalue weighted by molar-refractivity contribution is 5.99. The highest BCUT2D eigenvalue weighted by Crippen LogP contribution is 2.19. The number of hydrogen-bond acceptors (Lipinski definition) is 3. The van der Waals surface area contributed by atoms with Crippen molar-refractivity contribution in [3.05, 3.63) is 23.8 Å². The van der Waals surface area contributed by atoms with Gasteiger partial charge in [-0.25, -0.2) is 0 Å². The van der Waals surface area contributed by atoms with Gasteiger partial charge >= 0.3 is 0 Å². The quantitative estimate of drug-likeness (QED) is 0.761. The van der Waals surface area contributed by atoms with Crippen LogP contribution in [0.3, 0.4) is 0 Å². The molecule has 4 nitrogen and oxygen atoms in total. The summed E-state index contributed by atoms with van der Waals surface area (Å²) in [5, 5.41) is 2.82. The van der Waals surface area contributed by atoms with Crippen LogP contribution in [0.2, 0.25) is 0 Å². The fourth-order valence-corrected chi connectivity index (χ4v) is 1.25. The van der Waals surface area contributed by atoms with E-state index in [1.165, 1.54) is 0 Å². The van der Waals surface area contributed by atoms with Crippen molar-refractivity contribution in [2.75, 3.05) is 19.4 Å². The molecule has 0 bridgehead atoms. The number of carbonyl (C=O) groups excluding carboxylic acids is 1. The monoisotopic (exact) mass is 222 g/mol. The fourth-order valence-electron chi connectivity index (χ4n) is 1.25. The SMILES string of the molecule is COc1ccc(N)c(C(=O)NCC(C)C)c1. The summed E-state index contributed by atoms with van der Waals surface area (Å²) >= 11 is 0. The molecule has 0 radical (unpaired) electrons. The minimum absolute atomic E-state index is 0.162. The van der Waals surface area contributed by atoms with Crippen molar-refractivity contribution in [1.29, 1.82) is 0 Å². The molecule has 0 aromatic heterocycles. The van der Waals surface area contributed by atoms with Gasteiger partial charge in [0.1, 0.15) is 5.75 Å². The van der Waals surface area contributed by atoms with Crippen LogP contribution in [-0.4, -0.2) is 19.6 Å². The zero-order valence-corrected chi connectivity index (χ0v) is 9.91. The van der Waals surface area contributed by atoms with Crippen LogP contribution in [0.15, 0.2) is 18.2 Å². The Morgan fingerprint density at radius 3 is 2.75 bits per heavy atom. The summed E-state index contributed by atoms with van der Waals surface area (Å²) in [6.07, 6.45) is 0. The van der Waals surface area contributed by atoms with Crippen LogP contribution in [0, 0.1) is 5.92 Å². The topological polar surface area (TPSA) is 64.3 Å². The molecule has 0 heterocycles. The number of nitrogens with one attached hydrogen (secondary N) is 1. The first-order chi connectivity index (χ1) is 7.54. The summed E-state index contributed by atoms with van der Waals surface area (Å²) in [5.74, 6) is 0.879. The maximum atomic E-state index is 11.8. The first-order valence-corrected chi connectivity index (χ1v) is 5.26. The van der Waals surface area contributed by atoms with E-state index < -0.39 is 0 Å². The number of anilines is 1. The minimum Gasteiger partial charge on any atom is -0.497 e. The van der Waals surface area contributed by atoms with Crippen LogP contribution in [0.4, 0.5) is 5.69 Å². The molecule has 1 rings (SSSR count). The molecule has 0 spiro atoms. The van der Waals surface area contributed by atoms with Gasteiger partial charge in [-0.15, -0.1) is 0 Å². The first kappa shape index (κ1) is 12.4. The number of methoxy groups -OCH3 is 1. The summed E-state index contributed by atoms with van der Waals surface area (Å²) in [6.45, 7) is 4.71. The Kier molecular flexibility index (Phi) is 4.17. The Balaban J connectivity index is 2.81. The van der Waals surface area contributed by atoms with Crippen LogP contribution in [-0.2, 0) is 0 Å². The van der Waals surface area contributed by atoms with Crippen molar-refractivity contribution in [1.82, 2.24) is 5.32 Å². The van der Waals surface area contributed by atoms with Gasteiger partial charge in [-0.2, -0.15) is 0 Å². The number of carbonyl (C=O) groups is 1. The molecule has 0 atom stereocenters. The molecule has 1 aromatic rings. The summed E-state index contributed by atoms with van der Waals surface area (Å²) in [5.41, 5.74) is 6.65. The molecule has 0 saturated carbocycles. The molecule has 0 unspecified atom stereocenters. The van der Waals surface area contributed by atoms with Gasteiger partial charge in [-0.3, -0.25) is 4.79 Å². The summed E-state index contributed by atoms with van der Waals surface area (Å²) in [4.78, 5) is 11.8. The third-order valence-corrected chi connectivity index (χ3v) is 2.18. The molecule has 88 valence electrons. The van der Waals surface area contributed by atoms with E-state index in [1.807, 2.05) is 13.8 Å². The van der Waals surface area contributed by atoms with E-state index in [2.05, 4.69) is 5.32 Å². The van der Waals surface area contributed by atoms with Crippen LogP contribution in [0.25, 0.3) is 0 Å². The van der Waals surface area contributed by atoms with Crippen LogP contribution in [0.1, 0.15) is 24.2 Å². The van der Waals surface area contributed by atoms with Crippen LogP contribution in [0.5, 0.6) is 5.75 Å². The van der Waals surface area contributed by atoms with Gasteiger partial charge in [0, 0.05) is 12.2 Å². The van der Waals surface area contributed by atoms with E-state index in [0.29, 0.717) is 29.5 Å². The second-order valence-corrected chi connectivity index (χ2v) is 4.06. The molecule has 0 saturated heterocycles. The maximum absolute atomic E-state index is 11.8. The molecule has 1 amide bonds. The Hall–Kier alpha value is -1.71. The van der Waals surface area contributed by atoms with Gasteiger partial charge in [0.05, 0.1) is 12.7 Å². The normalized spacial score (nSPS) is 10.2. The van der Waals surface area contributed by atoms with Crippen molar-refractivity contribution in [3.63, 3.8) is 0 Å². The number of amides is 1. The van der Waals surface area contributed by atoms with Crippen molar-refractivity contribution in [3.8, 4) is 5.75 Å². The minimum atomic E-state index is -0.162. The lowest BCUT2D eigenvalue weighted by atomic mass is 10.1. The molecule has 16 heavy (non-hydrogen) atoms. The third-order valence-electron chi connectivity index (χ3n) is 2.18. The van der Waals surface area contributed by atoms with Gasteiger partial charge < -0.3 is 15.8 Å². The first-order valence-electron chi connectivity index (χ1n) is 5.26. The number of nitrogens with two attached hydrogens (primary N) is 1. The predicted molar refractivity (Wildman–Crippen MR) is 64.6 cm³/mol. The maximum Gasteiger partial charge on any atom is 0.253 e. The van der Waals surface area contributed by atoms with Gasteiger partial charge in [-0.05, 0) is 24.1 Å². The Labute approximate surface area is 95.8 Å². The van der Waals surface area contributed by atoms with Gasteiger partial charge in [0.2, 0.25) is 0 Å². The predicted octanol–water partition coefficient (Wildman–Crippen LogP) is 1.66. The fraction of sp³-hybridized carbons (Fsp3) is 0.417. The summed E-state index contributed by atoms with van der Waals surface area (Å²) in [6, 6.07) is 5.04. The molecular formula is C12H18N2O2. The number of rotatable bonds is 4. The van der Waals surface area contributed by atoms with Crippen molar-refractivity contribution in [2.24, 2.45) is 5.92 Å². The summed E-state index contributed by atoms with van der Waals surface area (Å²) < 4.78 is 5.05.